The molecule has 0 aliphatic carbocycles. The van der Waals surface area contributed by atoms with Crippen molar-refractivity contribution in [3.8, 4) is 22.6 Å². The SMILES string of the molecule is Cc1c(Cc2c(F)cccc2C(F)(F)F)c2n(c(=O)c1-c1ccc3c(c1F)OCO3)C(C(=O)O)CS2. The average Bonchev–Trinajstić information content (AvgIpc) is 3.46. The van der Waals surface area contributed by atoms with E-state index in [1.165, 1.54) is 19.1 Å². The van der Waals surface area contributed by atoms with Gasteiger partial charge in [0, 0.05) is 23.3 Å². The molecule has 36 heavy (non-hydrogen) atoms. The molecule has 1 unspecified atom stereocenters. The van der Waals surface area contributed by atoms with E-state index in [0.29, 0.717) is 0 Å². The molecule has 1 aromatic heterocycles. The van der Waals surface area contributed by atoms with E-state index >= 15 is 4.39 Å². The average molecular weight is 525 g/mol. The molecule has 0 saturated carbocycles. The normalized spacial score (nSPS) is 16.3. The van der Waals surface area contributed by atoms with E-state index in [1.54, 1.807) is 0 Å². The van der Waals surface area contributed by atoms with Crippen molar-refractivity contribution in [2.24, 2.45) is 0 Å². The zero-order valence-corrected chi connectivity index (χ0v) is 19.2. The number of carbonyl (C=O) groups is 1. The lowest BCUT2D eigenvalue weighted by molar-refractivity contribution is -0.140. The second-order valence-corrected chi connectivity index (χ2v) is 9.23. The number of hydrogen-bond donors (Lipinski definition) is 1. The summed E-state index contributed by atoms with van der Waals surface area (Å²) in [5.41, 5.74) is -2.95. The van der Waals surface area contributed by atoms with Crippen LogP contribution in [0.2, 0.25) is 0 Å². The van der Waals surface area contributed by atoms with Gasteiger partial charge in [0.25, 0.3) is 5.56 Å². The number of alkyl halides is 3. The second-order valence-electron chi connectivity index (χ2n) is 8.23. The number of nitrogens with zero attached hydrogens (tertiary/aromatic N) is 1. The van der Waals surface area contributed by atoms with Gasteiger partial charge in [-0.2, -0.15) is 13.2 Å². The molecule has 2 aliphatic heterocycles. The number of pyridine rings is 1. The van der Waals surface area contributed by atoms with E-state index in [1.807, 2.05) is 0 Å². The number of aliphatic carboxylic acids is 1. The van der Waals surface area contributed by atoms with Crippen molar-refractivity contribution in [3.05, 3.63) is 74.6 Å². The van der Waals surface area contributed by atoms with Crippen LogP contribution < -0.4 is 15.0 Å². The molecule has 0 radical (unpaired) electrons. The summed E-state index contributed by atoms with van der Waals surface area (Å²) in [4.78, 5) is 25.4. The summed E-state index contributed by atoms with van der Waals surface area (Å²) in [6.45, 7) is 1.17. The zero-order valence-electron chi connectivity index (χ0n) is 18.4. The van der Waals surface area contributed by atoms with Crippen molar-refractivity contribution >= 4 is 17.7 Å². The van der Waals surface area contributed by atoms with Gasteiger partial charge in [0.05, 0.1) is 16.2 Å². The van der Waals surface area contributed by atoms with Gasteiger partial charge >= 0.3 is 12.1 Å². The van der Waals surface area contributed by atoms with Gasteiger partial charge < -0.3 is 14.6 Å². The highest BCUT2D eigenvalue weighted by Crippen LogP contribution is 2.44. The first-order valence-corrected chi connectivity index (χ1v) is 11.6. The number of halogens is 5. The summed E-state index contributed by atoms with van der Waals surface area (Å²) in [7, 11) is 0. The van der Waals surface area contributed by atoms with E-state index in [0.717, 1.165) is 34.5 Å². The number of ether oxygens (including phenoxy) is 2. The van der Waals surface area contributed by atoms with Crippen LogP contribution in [0.1, 0.15) is 28.3 Å². The standard InChI is InChI=1S/C24H16F5NO5S/c1-10-12(7-13-14(24(27,28)29)3-2-4-15(13)25)22-30(16(8-36-22)23(32)33)21(31)18(10)11-5-6-17-20(19(11)26)35-9-34-17/h2-6,16H,7-9H2,1H3,(H,32,33). The molecule has 188 valence electrons. The first-order chi connectivity index (χ1) is 17.0. The van der Waals surface area contributed by atoms with Crippen LogP contribution in [0.15, 0.2) is 40.2 Å². The van der Waals surface area contributed by atoms with Gasteiger partial charge in [-0.1, -0.05) is 6.07 Å². The van der Waals surface area contributed by atoms with Crippen LogP contribution in [0.25, 0.3) is 11.1 Å². The van der Waals surface area contributed by atoms with Gasteiger partial charge in [-0.25, -0.2) is 13.6 Å². The molecular weight excluding hydrogens is 509 g/mol. The summed E-state index contributed by atoms with van der Waals surface area (Å²) < 4.78 is 82.4. The zero-order chi connectivity index (χ0) is 25.9. The Labute approximate surface area is 204 Å². The Bertz CT molecular complexity index is 1480. The Hall–Kier alpha value is -3.54. The van der Waals surface area contributed by atoms with Crippen LogP contribution in [-0.2, 0) is 17.4 Å². The fourth-order valence-electron chi connectivity index (χ4n) is 4.52. The van der Waals surface area contributed by atoms with Crippen LogP contribution in [0, 0.1) is 18.6 Å². The molecule has 3 aromatic rings. The van der Waals surface area contributed by atoms with Crippen LogP contribution in [0.3, 0.4) is 0 Å². The van der Waals surface area contributed by atoms with Crippen molar-refractivity contribution in [1.29, 1.82) is 0 Å². The summed E-state index contributed by atoms with van der Waals surface area (Å²) in [5, 5.41) is 9.78. The predicted molar refractivity (Wildman–Crippen MR) is 119 cm³/mol. The first-order valence-electron chi connectivity index (χ1n) is 10.6. The summed E-state index contributed by atoms with van der Waals surface area (Å²) >= 11 is 0.966. The van der Waals surface area contributed by atoms with E-state index in [2.05, 4.69) is 0 Å². The molecule has 1 atom stereocenters. The number of hydrogen-bond acceptors (Lipinski definition) is 5. The minimum atomic E-state index is -4.86. The lowest BCUT2D eigenvalue weighted by Gasteiger charge is -2.21. The predicted octanol–water partition coefficient (Wildman–Crippen LogP) is 5.17. The molecule has 2 aromatic carbocycles. The van der Waals surface area contributed by atoms with E-state index in [9.17, 15) is 32.3 Å². The van der Waals surface area contributed by atoms with Crippen molar-refractivity contribution in [3.63, 3.8) is 0 Å². The summed E-state index contributed by atoms with van der Waals surface area (Å²) in [6, 6.07) is 3.87. The fraction of sp³-hybridized carbons (Fsp3) is 0.250. The number of carboxylic acids is 1. The highest BCUT2D eigenvalue weighted by Gasteiger charge is 2.38. The second kappa shape index (κ2) is 8.54. The Morgan fingerprint density at radius 2 is 1.92 bits per heavy atom. The largest absolute Gasteiger partial charge is 0.480 e. The van der Waals surface area contributed by atoms with Crippen LogP contribution in [0.5, 0.6) is 11.5 Å². The number of aromatic nitrogens is 1. The molecule has 12 heteroatoms. The van der Waals surface area contributed by atoms with Crippen LogP contribution in [-0.4, -0.2) is 28.2 Å². The highest BCUT2D eigenvalue weighted by molar-refractivity contribution is 7.99. The fourth-order valence-corrected chi connectivity index (χ4v) is 5.88. The number of rotatable bonds is 4. The molecule has 0 fully saturated rings. The third-order valence-electron chi connectivity index (χ3n) is 6.24. The van der Waals surface area contributed by atoms with Gasteiger partial charge in [0.15, 0.2) is 11.6 Å². The van der Waals surface area contributed by atoms with E-state index in [-0.39, 0.29) is 51.3 Å². The van der Waals surface area contributed by atoms with Gasteiger partial charge in [-0.05, 0) is 42.3 Å². The first kappa shape index (κ1) is 24.2. The molecule has 0 amide bonds. The molecule has 0 saturated heterocycles. The highest BCUT2D eigenvalue weighted by atomic mass is 32.2. The van der Waals surface area contributed by atoms with E-state index < -0.39 is 52.9 Å². The van der Waals surface area contributed by atoms with Gasteiger partial charge in [-0.15, -0.1) is 11.8 Å². The van der Waals surface area contributed by atoms with Gasteiger partial charge in [0.1, 0.15) is 11.9 Å². The summed E-state index contributed by atoms with van der Waals surface area (Å²) in [6.07, 6.45) is -5.45. The number of benzene rings is 2. The maximum atomic E-state index is 15.4. The maximum absolute atomic E-state index is 15.4. The van der Waals surface area contributed by atoms with Gasteiger partial charge in [-0.3, -0.25) is 9.36 Å². The molecular formula is C24H16F5NO5S. The van der Waals surface area contributed by atoms with Crippen molar-refractivity contribution in [1.82, 2.24) is 4.57 Å². The smallest absolute Gasteiger partial charge is 0.416 e. The Kier molecular flexibility index (Phi) is 5.73. The number of thioether (sulfide) groups is 1. The summed E-state index contributed by atoms with van der Waals surface area (Å²) in [5.74, 6) is -3.59. The molecule has 6 nitrogen and oxygen atoms in total. The van der Waals surface area contributed by atoms with Crippen LogP contribution in [0.4, 0.5) is 22.0 Å². The Morgan fingerprint density at radius 3 is 2.61 bits per heavy atom. The third-order valence-corrected chi connectivity index (χ3v) is 7.44. The molecule has 2 aliphatic rings. The topological polar surface area (TPSA) is 77.8 Å². The quantitative estimate of drug-likeness (QED) is 0.474. The van der Waals surface area contributed by atoms with Gasteiger partial charge in [0.2, 0.25) is 12.5 Å². The monoisotopic (exact) mass is 525 g/mol. The molecule has 0 bridgehead atoms. The minimum Gasteiger partial charge on any atom is -0.480 e. The Morgan fingerprint density at radius 1 is 1.17 bits per heavy atom. The molecule has 0 spiro atoms. The Balaban J connectivity index is 1.80. The lowest BCUT2D eigenvalue weighted by atomic mass is 9.92. The number of fused-ring (bicyclic) bond motifs is 2. The maximum Gasteiger partial charge on any atom is 0.416 e. The van der Waals surface area contributed by atoms with E-state index in [4.69, 9.17) is 9.47 Å². The molecule has 3 heterocycles. The molecule has 5 rings (SSSR count). The minimum absolute atomic E-state index is 0.0759. The third kappa shape index (κ3) is 3.71. The number of carboxylic acid groups (broad SMARTS) is 1. The van der Waals surface area contributed by atoms with Crippen molar-refractivity contribution < 1.29 is 41.3 Å². The van der Waals surface area contributed by atoms with Crippen LogP contribution >= 0.6 is 11.8 Å². The van der Waals surface area contributed by atoms with Crippen molar-refractivity contribution in [2.75, 3.05) is 12.5 Å². The van der Waals surface area contributed by atoms with Crippen molar-refractivity contribution in [2.45, 2.75) is 30.6 Å². The molecule has 1 N–H and O–H groups in total. The lowest BCUT2D eigenvalue weighted by Crippen LogP contribution is -2.31.